The minimum atomic E-state index is 0.587. The summed E-state index contributed by atoms with van der Waals surface area (Å²) in [4.78, 5) is 0. The number of benzene rings is 3. The Kier molecular flexibility index (Phi) is 13.9. The van der Waals surface area contributed by atoms with Crippen LogP contribution in [0.3, 0.4) is 0 Å². The van der Waals surface area contributed by atoms with Crippen molar-refractivity contribution < 1.29 is 4.42 Å². The van der Waals surface area contributed by atoms with Crippen LogP contribution in [0.4, 0.5) is 5.69 Å². The van der Waals surface area contributed by atoms with Gasteiger partial charge >= 0.3 is 0 Å². The summed E-state index contributed by atoms with van der Waals surface area (Å²) in [6, 6.07) is 20.9. The van der Waals surface area contributed by atoms with Crippen LogP contribution in [-0.2, 0) is 0 Å². The van der Waals surface area contributed by atoms with Crippen LogP contribution in [0.15, 0.2) is 83.3 Å². The summed E-state index contributed by atoms with van der Waals surface area (Å²) < 4.78 is 5.86. The number of rotatable bonds is 5. The van der Waals surface area contributed by atoms with E-state index in [1.54, 1.807) is 0 Å². The highest BCUT2D eigenvalue weighted by Gasteiger charge is 2.08. The summed E-state index contributed by atoms with van der Waals surface area (Å²) in [5, 5.41) is 5.82. The highest BCUT2D eigenvalue weighted by molar-refractivity contribution is 6.06. The Labute approximate surface area is 213 Å². The number of aryl methyl sites for hydroxylation is 2. The molecule has 188 valence electrons. The molecule has 4 rings (SSSR count). The standard InChI is InChI=1S/C15H21N.C14H12O.2C2H6/c1-4-5-12-16-15-9-7-6-8-14(15)11-10-13(2)3;1-9-7-8-12-11-5-3-4-6-13(11)15-14(12)10(9)2;2*1-2/h4-11,13,16H,12H2,1-3H3;3-8H,1-2H3;2*1-2H3/b5-4-,11-10-;;;. The molecule has 1 N–H and O–H groups in total. The molecule has 0 saturated heterocycles. The molecule has 1 heterocycles. The van der Waals surface area contributed by atoms with Crippen molar-refractivity contribution in [3.05, 3.63) is 95.6 Å². The van der Waals surface area contributed by atoms with Gasteiger partial charge in [-0.2, -0.15) is 0 Å². The summed E-state index contributed by atoms with van der Waals surface area (Å²) in [5.74, 6) is 0.587. The molecule has 1 aromatic heterocycles. The lowest BCUT2D eigenvalue weighted by atomic mass is 10.1. The zero-order chi connectivity index (χ0) is 26.2. The SMILES string of the molecule is C/C=C\CNc1ccccc1/C=C\C(C)C.CC.CC.Cc1ccc2c(oc3ccccc32)c1C. The normalized spacial score (nSPS) is 10.6. The van der Waals surface area contributed by atoms with Gasteiger partial charge in [-0.3, -0.25) is 0 Å². The highest BCUT2D eigenvalue weighted by Crippen LogP contribution is 2.31. The fourth-order valence-corrected chi connectivity index (χ4v) is 3.41. The van der Waals surface area contributed by atoms with E-state index in [2.05, 4.69) is 99.8 Å². The smallest absolute Gasteiger partial charge is 0.138 e. The highest BCUT2D eigenvalue weighted by atomic mass is 16.3. The molecule has 2 nitrogen and oxygen atoms in total. The lowest BCUT2D eigenvalue weighted by Crippen LogP contribution is -1.99. The van der Waals surface area contributed by atoms with Gasteiger partial charge in [0.05, 0.1) is 0 Å². The zero-order valence-corrected chi connectivity index (χ0v) is 23.3. The van der Waals surface area contributed by atoms with E-state index in [1.165, 1.54) is 33.2 Å². The Bertz CT molecular complexity index is 1190. The van der Waals surface area contributed by atoms with E-state index in [0.29, 0.717) is 5.92 Å². The van der Waals surface area contributed by atoms with Crippen molar-refractivity contribution in [3.63, 3.8) is 0 Å². The van der Waals surface area contributed by atoms with Crippen molar-refractivity contribution in [2.24, 2.45) is 5.92 Å². The monoisotopic (exact) mass is 471 g/mol. The van der Waals surface area contributed by atoms with E-state index >= 15 is 0 Å². The molecule has 0 aliphatic rings. The molecule has 0 bridgehead atoms. The van der Waals surface area contributed by atoms with Crippen LogP contribution in [-0.4, -0.2) is 6.54 Å². The van der Waals surface area contributed by atoms with E-state index < -0.39 is 0 Å². The van der Waals surface area contributed by atoms with Gasteiger partial charge < -0.3 is 9.73 Å². The third kappa shape index (κ3) is 8.79. The summed E-state index contributed by atoms with van der Waals surface area (Å²) in [6.07, 6.45) is 8.57. The fourth-order valence-electron chi connectivity index (χ4n) is 3.41. The topological polar surface area (TPSA) is 25.2 Å². The first-order valence-electron chi connectivity index (χ1n) is 13.0. The number of nitrogens with one attached hydrogen (secondary N) is 1. The number of furan rings is 1. The molecule has 0 spiro atoms. The molecule has 0 aliphatic heterocycles. The van der Waals surface area contributed by atoms with Gasteiger partial charge in [-0.05, 0) is 55.5 Å². The maximum atomic E-state index is 5.86. The average Bonchev–Trinajstić information content (AvgIpc) is 3.28. The molecule has 0 radical (unpaired) electrons. The van der Waals surface area contributed by atoms with Gasteiger partial charge in [0.15, 0.2) is 0 Å². The number of hydrogen-bond acceptors (Lipinski definition) is 2. The van der Waals surface area contributed by atoms with Crippen LogP contribution in [0.5, 0.6) is 0 Å². The molecule has 0 saturated carbocycles. The van der Waals surface area contributed by atoms with Gasteiger partial charge in [0.25, 0.3) is 0 Å². The van der Waals surface area contributed by atoms with E-state index in [9.17, 15) is 0 Å². The van der Waals surface area contributed by atoms with Gasteiger partial charge in [0, 0.05) is 23.0 Å². The maximum absolute atomic E-state index is 5.86. The number of allylic oxidation sites excluding steroid dienone is 2. The van der Waals surface area contributed by atoms with Gasteiger partial charge in [0.2, 0.25) is 0 Å². The Hall–Kier alpha value is -3.26. The van der Waals surface area contributed by atoms with Crippen LogP contribution >= 0.6 is 0 Å². The average molecular weight is 472 g/mol. The third-order valence-corrected chi connectivity index (χ3v) is 5.33. The Morgan fingerprint density at radius 2 is 1.49 bits per heavy atom. The molecule has 2 heteroatoms. The molecule has 0 amide bonds. The Morgan fingerprint density at radius 1 is 0.829 bits per heavy atom. The quantitative estimate of drug-likeness (QED) is 0.293. The summed E-state index contributed by atoms with van der Waals surface area (Å²) in [7, 11) is 0. The van der Waals surface area contributed by atoms with Crippen LogP contribution in [0.2, 0.25) is 0 Å². The van der Waals surface area contributed by atoms with Crippen LogP contribution in [0, 0.1) is 19.8 Å². The Morgan fingerprint density at radius 3 is 2.17 bits per heavy atom. The second-order valence-electron chi connectivity index (χ2n) is 8.12. The van der Waals surface area contributed by atoms with Crippen molar-refractivity contribution in [3.8, 4) is 0 Å². The van der Waals surface area contributed by atoms with Crippen LogP contribution in [0.25, 0.3) is 28.0 Å². The lowest BCUT2D eigenvalue weighted by molar-refractivity contribution is 0.665. The molecule has 0 atom stereocenters. The van der Waals surface area contributed by atoms with Gasteiger partial charge in [-0.1, -0.05) is 114 Å². The van der Waals surface area contributed by atoms with Gasteiger partial charge in [0.1, 0.15) is 11.2 Å². The van der Waals surface area contributed by atoms with Crippen molar-refractivity contribution in [1.82, 2.24) is 0 Å². The number of hydrogen-bond donors (Lipinski definition) is 1. The molecular weight excluding hydrogens is 426 g/mol. The first-order chi connectivity index (χ1) is 17.0. The number of anilines is 1. The van der Waals surface area contributed by atoms with Crippen molar-refractivity contribution in [2.75, 3.05) is 11.9 Å². The maximum Gasteiger partial charge on any atom is 0.138 e. The van der Waals surface area contributed by atoms with Crippen LogP contribution in [0.1, 0.15) is 65.2 Å². The number of fused-ring (bicyclic) bond motifs is 3. The minimum Gasteiger partial charge on any atom is -0.456 e. The minimum absolute atomic E-state index is 0.587. The molecule has 4 aromatic rings. The molecule has 0 aliphatic carbocycles. The second kappa shape index (κ2) is 16.4. The van der Waals surface area contributed by atoms with E-state index in [0.717, 1.165) is 17.7 Å². The van der Waals surface area contributed by atoms with E-state index in [-0.39, 0.29) is 0 Å². The third-order valence-electron chi connectivity index (χ3n) is 5.33. The predicted molar refractivity (Wildman–Crippen MR) is 160 cm³/mol. The predicted octanol–water partition coefficient (Wildman–Crippen LogP) is 10.6. The largest absolute Gasteiger partial charge is 0.456 e. The van der Waals surface area contributed by atoms with E-state index in [4.69, 9.17) is 4.42 Å². The summed E-state index contributed by atoms with van der Waals surface area (Å²) in [5.41, 5.74) is 6.96. The van der Waals surface area contributed by atoms with Gasteiger partial charge in [-0.25, -0.2) is 0 Å². The van der Waals surface area contributed by atoms with Gasteiger partial charge in [-0.15, -0.1) is 0 Å². The fraction of sp³-hybridized carbons (Fsp3) is 0.333. The van der Waals surface area contributed by atoms with Crippen molar-refractivity contribution >= 4 is 33.7 Å². The van der Waals surface area contributed by atoms with Crippen molar-refractivity contribution in [2.45, 2.75) is 62.3 Å². The summed E-state index contributed by atoms with van der Waals surface area (Å²) in [6.45, 7) is 19.5. The molecular formula is C33H45NO. The van der Waals surface area contributed by atoms with E-state index in [1.807, 2.05) is 52.8 Å². The Balaban J connectivity index is 0.000000307. The van der Waals surface area contributed by atoms with Crippen molar-refractivity contribution in [1.29, 1.82) is 0 Å². The zero-order valence-electron chi connectivity index (χ0n) is 23.3. The molecule has 35 heavy (non-hydrogen) atoms. The second-order valence-corrected chi connectivity index (χ2v) is 8.12. The number of para-hydroxylation sites is 2. The first kappa shape index (κ1) is 29.8. The van der Waals surface area contributed by atoms with Crippen LogP contribution < -0.4 is 5.32 Å². The molecule has 3 aromatic carbocycles. The molecule has 0 unspecified atom stereocenters. The molecule has 0 fully saturated rings. The summed E-state index contributed by atoms with van der Waals surface area (Å²) >= 11 is 0. The first-order valence-corrected chi connectivity index (χ1v) is 13.0. The lowest BCUT2D eigenvalue weighted by Gasteiger charge is -2.07.